The lowest BCUT2D eigenvalue weighted by molar-refractivity contribution is 0.667. The van der Waals surface area contributed by atoms with E-state index in [1.54, 1.807) is 0 Å². The fourth-order valence-electron chi connectivity index (χ4n) is 7.66. The molecule has 0 radical (unpaired) electrons. The van der Waals surface area contributed by atoms with Gasteiger partial charge in [-0.15, -0.1) is 0 Å². The van der Waals surface area contributed by atoms with Gasteiger partial charge in [-0.1, -0.05) is 152 Å². The molecule has 7 aromatic rings. The smallest absolute Gasteiger partial charge is 0.169 e. The van der Waals surface area contributed by atoms with E-state index in [9.17, 15) is 0 Å². The Morgan fingerprint density at radius 2 is 1.20 bits per heavy atom. The van der Waals surface area contributed by atoms with Gasteiger partial charge in [0.1, 0.15) is 17.3 Å². The maximum Gasteiger partial charge on any atom is 0.169 e. The summed E-state index contributed by atoms with van der Waals surface area (Å²) in [7, 11) is 0. The number of rotatable bonds is 5. The first-order valence-electron chi connectivity index (χ1n) is 17.1. The highest BCUT2D eigenvalue weighted by Crippen LogP contribution is 2.53. The Labute approximate surface area is 290 Å². The first-order chi connectivity index (χ1) is 24.8. The molecular formula is C45H32N4O. The van der Waals surface area contributed by atoms with Crippen LogP contribution < -0.4 is 10.2 Å². The third kappa shape index (κ3) is 4.70. The fraction of sp³-hybridized carbons (Fsp3) is 0.0667. The molecular weight excluding hydrogens is 613 g/mol. The monoisotopic (exact) mass is 644 g/mol. The minimum Gasteiger partial charge on any atom is -0.454 e. The lowest BCUT2D eigenvalue weighted by Crippen LogP contribution is -2.36. The molecule has 0 saturated heterocycles. The number of hydrogen-bond donors (Lipinski definition) is 1. The summed E-state index contributed by atoms with van der Waals surface area (Å²) in [4.78, 5) is 12.7. The Hall–Kier alpha value is -6.46. The molecule has 1 aromatic heterocycles. The van der Waals surface area contributed by atoms with E-state index in [4.69, 9.17) is 14.4 Å². The van der Waals surface area contributed by atoms with E-state index in [1.807, 2.05) is 42.5 Å². The van der Waals surface area contributed by atoms with E-state index in [1.165, 1.54) is 16.7 Å². The van der Waals surface area contributed by atoms with Crippen LogP contribution in [0.5, 0.6) is 0 Å². The molecule has 238 valence electrons. The van der Waals surface area contributed by atoms with Crippen molar-refractivity contribution in [3.05, 3.63) is 198 Å². The summed E-state index contributed by atoms with van der Waals surface area (Å²) in [6.45, 7) is 0. The second-order valence-electron chi connectivity index (χ2n) is 13.0. The van der Waals surface area contributed by atoms with E-state index in [0.717, 1.165) is 61.7 Å². The van der Waals surface area contributed by atoms with Gasteiger partial charge in [0.25, 0.3) is 0 Å². The quantitative estimate of drug-likeness (QED) is 0.203. The predicted molar refractivity (Wildman–Crippen MR) is 204 cm³/mol. The van der Waals surface area contributed by atoms with Crippen molar-refractivity contribution in [2.24, 2.45) is 9.98 Å². The summed E-state index contributed by atoms with van der Waals surface area (Å²) in [5.74, 6) is 1.79. The average molecular weight is 645 g/mol. The first-order valence-corrected chi connectivity index (χ1v) is 17.1. The highest BCUT2D eigenvalue weighted by molar-refractivity contribution is 6.16. The van der Waals surface area contributed by atoms with Gasteiger partial charge in [0.05, 0.1) is 11.7 Å². The van der Waals surface area contributed by atoms with Crippen molar-refractivity contribution in [1.29, 1.82) is 0 Å². The van der Waals surface area contributed by atoms with Crippen molar-refractivity contribution in [1.82, 2.24) is 5.32 Å². The second-order valence-corrected chi connectivity index (χ2v) is 13.0. The van der Waals surface area contributed by atoms with Crippen LogP contribution in [-0.4, -0.2) is 17.7 Å². The SMILES string of the molecule is C1=CC2C(C=C1c1ccccc1)c1ccc3c(oc4ccccc43)c1N2c1ccc(C2N=C(c3ccccc3)NC(c3ccccc3)=N2)cc1. The van der Waals surface area contributed by atoms with Gasteiger partial charge >= 0.3 is 0 Å². The van der Waals surface area contributed by atoms with Crippen molar-refractivity contribution in [2.45, 2.75) is 18.1 Å². The van der Waals surface area contributed by atoms with Gasteiger partial charge in [-0.2, -0.15) is 0 Å². The first kappa shape index (κ1) is 28.5. The fourth-order valence-corrected chi connectivity index (χ4v) is 7.66. The molecule has 1 N–H and O–H groups in total. The molecule has 5 heteroatoms. The maximum absolute atomic E-state index is 6.66. The summed E-state index contributed by atoms with van der Waals surface area (Å²) < 4.78 is 6.66. The maximum atomic E-state index is 6.66. The number of allylic oxidation sites excluding steroid dienone is 2. The molecule has 2 unspecified atom stereocenters. The Bertz CT molecular complexity index is 2460. The molecule has 3 heterocycles. The molecule has 0 bridgehead atoms. The number of amidine groups is 2. The van der Waals surface area contributed by atoms with Crippen molar-refractivity contribution in [3.8, 4) is 0 Å². The Balaban J connectivity index is 1.08. The number of nitrogens with one attached hydrogen (secondary N) is 1. The van der Waals surface area contributed by atoms with Crippen LogP contribution >= 0.6 is 0 Å². The van der Waals surface area contributed by atoms with Gasteiger partial charge in [-0.3, -0.25) is 0 Å². The standard InChI is InChI=1S/C45H32N4O/c1-4-12-29(13-5-1)33-22-27-39-38(28-33)36-25-26-37-35-18-10-11-19-40(35)50-42(37)41(36)49(39)34-23-20-32(21-24-34)45-47-43(30-14-6-2-7-15-30)46-44(48-45)31-16-8-3-9-17-31/h1-28,38-39,45H,(H,46,47,48). The molecule has 2 atom stereocenters. The molecule has 5 nitrogen and oxygen atoms in total. The molecule has 10 rings (SSSR count). The van der Waals surface area contributed by atoms with E-state index in [2.05, 4.69) is 138 Å². The molecule has 0 fully saturated rings. The summed E-state index contributed by atoms with van der Waals surface area (Å²) >= 11 is 0. The van der Waals surface area contributed by atoms with Gasteiger partial charge < -0.3 is 14.6 Å². The zero-order valence-corrected chi connectivity index (χ0v) is 27.1. The van der Waals surface area contributed by atoms with Crippen LogP contribution in [0.2, 0.25) is 0 Å². The minimum absolute atomic E-state index is 0.103. The topological polar surface area (TPSA) is 53.1 Å². The predicted octanol–water partition coefficient (Wildman–Crippen LogP) is 10.3. The van der Waals surface area contributed by atoms with E-state index >= 15 is 0 Å². The number of nitrogens with zero attached hydrogens (tertiary/aromatic N) is 3. The number of anilines is 2. The van der Waals surface area contributed by atoms with Gasteiger partial charge in [0.2, 0.25) is 0 Å². The second kappa shape index (κ2) is 11.6. The Morgan fingerprint density at radius 3 is 1.88 bits per heavy atom. The van der Waals surface area contributed by atoms with Crippen molar-refractivity contribution in [3.63, 3.8) is 0 Å². The molecule has 0 amide bonds. The van der Waals surface area contributed by atoms with Crippen LogP contribution in [0.4, 0.5) is 11.4 Å². The number of benzene rings is 6. The lowest BCUT2D eigenvalue weighted by Gasteiger charge is -2.30. The molecule has 2 aliphatic heterocycles. The Kier molecular flexibility index (Phi) is 6.62. The van der Waals surface area contributed by atoms with E-state index in [-0.39, 0.29) is 18.1 Å². The highest BCUT2D eigenvalue weighted by Gasteiger charge is 2.41. The molecule has 0 spiro atoms. The van der Waals surface area contributed by atoms with Crippen molar-refractivity contribution in [2.75, 3.05) is 4.90 Å². The average Bonchev–Trinajstić information content (AvgIpc) is 3.74. The zero-order valence-electron chi connectivity index (χ0n) is 27.1. The van der Waals surface area contributed by atoms with Gasteiger partial charge in [-0.05, 0) is 40.5 Å². The van der Waals surface area contributed by atoms with Crippen LogP contribution in [-0.2, 0) is 0 Å². The highest BCUT2D eigenvalue weighted by atomic mass is 16.3. The number of para-hydroxylation sites is 1. The molecule has 1 aliphatic carbocycles. The third-order valence-corrected chi connectivity index (χ3v) is 10.1. The van der Waals surface area contributed by atoms with Crippen LogP contribution in [0.3, 0.4) is 0 Å². The Morgan fingerprint density at radius 1 is 0.580 bits per heavy atom. The van der Waals surface area contributed by atoms with Gasteiger partial charge in [-0.25, -0.2) is 9.98 Å². The molecule has 3 aliphatic rings. The van der Waals surface area contributed by atoms with Crippen molar-refractivity contribution < 1.29 is 4.42 Å². The third-order valence-electron chi connectivity index (χ3n) is 10.1. The normalized spacial score (nSPS) is 18.3. The van der Waals surface area contributed by atoms with E-state index in [0.29, 0.717) is 0 Å². The number of hydrogen-bond acceptors (Lipinski definition) is 5. The summed E-state index contributed by atoms with van der Waals surface area (Å²) in [5, 5.41) is 5.77. The van der Waals surface area contributed by atoms with Crippen LogP contribution in [0.1, 0.15) is 39.9 Å². The zero-order chi connectivity index (χ0) is 33.0. The number of fused-ring (bicyclic) bond motifs is 7. The number of furan rings is 1. The van der Waals surface area contributed by atoms with Crippen LogP contribution in [0.25, 0.3) is 27.5 Å². The molecule has 0 saturated carbocycles. The van der Waals surface area contributed by atoms with Gasteiger partial charge in [0.15, 0.2) is 11.7 Å². The van der Waals surface area contributed by atoms with Crippen LogP contribution in [0.15, 0.2) is 184 Å². The summed E-state index contributed by atoms with van der Waals surface area (Å²) in [5.41, 5.74) is 10.9. The largest absolute Gasteiger partial charge is 0.454 e. The van der Waals surface area contributed by atoms with Gasteiger partial charge in [0, 0.05) is 33.5 Å². The summed E-state index contributed by atoms with van der Waals surface area (Å²) in [6, 6.07) is 52.9. The van der Waals surface area contributed by atoms with E-state index < -0.39 is 0 Å². The number of aliphatic imine (C=N–C) groups is 2. The molecule has 50 heavy (non-hydrogen) atoms. The van der Waals surface area contributed by atoms with Crippen molar-refractivity contribution >= 4 is 50.6 Å². The lowest BCUT2D eigenvalue weighted by atomic mass is 9.86. The molecule has 6 aromatic carbocycles. The minimum atomic E-state index is -0.387. The summed E-state index contributed by atoms with van der Waals surface area (Å²) in [6.07, 6.45) is 6.67. The van der Waals surface area contributed by atoms with Crippen LogP contribution in [0, 0.1) is 0 Å².